The van der Waals surface area contributed by atoms with E-state index in [1.54, 1.807) is 49.6 Å². The summed E-state index contributed by atoms with van der Waals surface area (Å²) in [7, 11) is 1.54. The Hall–Kier alpha value is -1.83. The molecule has 5 heteroatoms. The lowest BCUT2D eigenvalue weighted by Gasteiger charge is -2.10. The number of ether oxygens (including phenoxy) is 1. The monoisotopic (exact) mass is 363 g/mol. The van der Waals surface area contributed by atoms with Crippen LogP contribution in [0.1, 0.15) is 21.8 Å². The van der Waals surface area contributed by atoms with Gasteiger partial charge in [-0.15, -0.1) is 0 Å². The summed E-state index contributed by atoms with van der Waals surface area (Å²) in [6.45, 7) is 0. The van der Waals surface area contributed by atoms with E-state index >= 15 is 0 Å². The van der Waals surface area contributed by atoms with E-state index in [1.807, 2.05) is 6.07 Å². The number of carbonyl (C=O) groups is 1. The van der Waals surface area contributed by atoms with Gasteiger partial charge in [0.2, 0.25) is 0 Å². The van der Waals surface area contributed by atoms with Crippen LogP contribution in [0.15, 0.2) is 46.9 Å². The van der Waals surface area contributed by atoms with Crippen LogP contribution in [0.5, 0.6) is 5.75 Å². The average Bonchev–Trinajstić information content (AvgIpc) is 2.51. The summed E-state index contributed by atoms with van der Waals surface area (Å²) < 4.78 is 5.75. The second kappa shape index (κ2) is 6.75. The molecule has 0 saturated carbocycles. The van der Waals surface area contributed by atoms with E-state index in [-0.39, 0.29) is 5.78 Å². The van der Waals surface area contributed by atoms with E-state index in [0.717, 1.165) is 0 Å². The Morgan fingerprint density at radius 2 is 2.10 bits per heavy atom. The highest BCUT2D eigenvalue weighted by Gasteiger charge is 2.22. The van der Waals surface area contributed by atoms with Gasteiger partial charge < -0.3 is 4.74 Å². The smallest absolute Gasteiger partial charge is 0.184 e. The van der Waals surface area contributed by atoms with Gasteiger partial charge in [-0.1, -0.05) is 23.7 Å². The zero-order valence-electron chi connectivity index (χ0n) is 11.1. The Balaban J connectivity index is 2.38. The lowest BCUT2D eigenvalue weighted by Crippen LogP contribution is -2.11. The molecular weight excluding hydrogens is 354 g/mol. The van der Waals surface area contributed by atoms with Crippen molar-refractivity contribution < 1.29 is 9.53 Å². The minimum atomic E-state index is -0.881. The molecule has 2 aromatic rings. The molecule has 106 valence electrons. The number of methoxy groups -OCH3 is 1. The molecule has 1 unspecified atom stereocenters. The number of nitriles is 1. The molecule has 2 rings (SSSR count). The SMILES string of the molecule is COc1cccc(C(C#N)C(=O)c2ccc(Cl)c(Br)c2)c1. The first-order valence-corrected chi connectivity index (χ1v) is 7.26. The second-order valence-corrected chi connectivity index (χ2v) is 5.59. The fourth-order valence-electron chi connectivity index (χ4n) is 1.92. The zero-order valence-corrected chi connectivity index (χ0v) is 13.5. The first kappa shape index (κ1) is 15.6. The van der Waals surface area contributed by atoms with Gasteiger partial charge in [0.1, 0.15) is 11.7 Å². The number of hydrogen-bond donors (Lipinski definition) is 0. The number of rotatable bonds is 4. The Morgan fingerprint density at radius 3 is 2.71 bits per heavy atom. The van der Waals surface area contributed by atoms with Crippen molar-refractivity contribution in [2.75, 3.05) is 7.11 Å². The highest BCUT2D eigenvalue weighted by molar-refractivity contribution is 9.10. The summed E-state index contributed by atoms with van der Waals surface area (Å²) in [5.74, 6) is -0.547. The molecule has 0 N–H and O–H groups in total. The third-order valence-corrected chi connectivity index (χ3v) is 4.24. The maximum Gasteiger partial charge on any atom is 0.184 e. The summed E-state index contributed by atoms with van der Waals surface area (Å²) in [6.07, 6.45) is 0. The summed E-state index contributed by atoms with van der Waals surface area (Å²) in [5.41, 5.74) is 1.04. The number of nitrogens with zero attached hydrogens (tertiary/aromatic N) is 1. The number of ketones is 1. The van der Waals surface area contributed by atoms with Gasteiger partial charge in [0.25, 0.3) is 0 Å². The lowest BCUT2D eigenvalue weighted by atomic mass is 9.92. The molecule has 0 radical (unpaired) electrons. The van der Waals surface area contributed by atoms with Crippen LogP contribution in [0.3, 0.4) is 0 Å². The molecule has 0 bridgehead atoms. The van der Waals surface area contributed by atoms with Gasteiger partial charge in [0.15, 0.2) is 5.78 Å². The van der Waals surface area contributed by atoms with E-state index in [0.29, 0.717) is 26.4 Å². The van der Waals surface area contributed by atoms with Crippen molar-refractivity contribution in [2.45, 2.75) is 5.92 Å². The largest absolute Gasteiger partial charge is 0.497 e. The van der Waals surface area contributed by atoms with Crippen molar-refractivity contribution in [3.63, 3.8) is 0 Å². The predicted molar refractivity (Wildman–Crippen MR) is 84.8 cm³/mol. The van der Waals surface area contributed by atoms with Crippen LogP contribution in [0, 0.1) is 11.3 Å². The summed E-state index contributed by atoms with van der Waals surface area (Å²) >= 11 is 9.19. The number of benzene rings is 2. The van der Waals surface area contributed by atoms with Crippen molar-refractivity contribution in [1.82, 2.24) is 0 Å². The molecule has 0 aliphatic carbocycles. The highest BCUT2D eigenvalue weighted by atomic mass is 79.9. The van der Waals surface area contributed by atoms with Gasteiger partial charge in [-0.3, -0.25) is 4.79 Å². The first-order valence-electron chi connectivity index (χ1n) is 6.09. The standard InChI is InChI=1S/C16H11BrClNO2/c1-21-12-4-2-3-10(7-12)13(9-19)16(20)11-5-6-15(18)14(17)8-11/h2-8,13H,1H3. The molecule has 0 aromatic heterocycles. The van der Waals surface area contributed by atoms with Crippen LogP contribution < -0.4 is 4.74 Å². The van der Waals surface area contributed by atoms with Crippen molar-refractivity contribution in [2.24, 2.45) is 0 Å². The molecular formula is C16H11BrClNO2. The fourth-order valence-corrected chi connectivity index (χ4v) is 2.42. The van der Waals surface area contributed by atoms with Crippen molar-refractivity contribution in [3.05, 3.63) is 63.1 Å². The molecule has 0 fully saturated rings. The van der Waals surface area contributed by atoms with E-state index in [4.69, 9.17) is 16.3 Å². The third-order valence-electron chi connectivity index (χ3n) is 3.02. The van der Waals surface area contributed by atoms with E-state index in [1.165, 1.54) is 0 Å². The van der Waals surface area contributed by atoms with Crippen LogP contribution in [-0.2, 0) is 0 Å². The van der Waals surface area contributed by atoms with Crippen LogP contribution in [0.25, 0.3) is 0 Å². The molecule has 0 saturated heterocycles. The van der Waals surface area contributed by atoms with Gasteiger partial charge in [-0.2, -0.15) is 5.26 Å². The van der Waals surface area contributed by atoms with Crippen LogP contribution in [-0.4, -0.2) is 12.9 Å². The Labute approximate surface area is 136 Å². The first-order chi connectivity index (χ1) is 10.1. The summed E-state index contributed by atoms with van der Waals surface area (Å²) in [5, 5.41) is 9.86. The highest BCUT2D eigenvalue weighted by Crippen LogP contribution is 2.28. The Bertz CT molecular complexity index is 724. The molecule has 0 aliphatic rings. The van der Waals surface area contributed by atoms with Crippen LogP contribution in [0.4, 0.5) is 0 Å². The molecule has 3 nitrogen and oxygen atoms in total. The summed E-state index contributed by atoms with van der Waals surface area (Å²) in [4.78, 5) is 12.5. The van der Waals surface area contributed by atoms with Gasteiger partial charge in [-0.25, -0.2) is 0 Å². The van der Waals surface area contributed by atoms with E-state index in [9.17, 15) is 10.1 Å². The van der Waals surface area contributed by atoms with Crippen LogP contribution in [0.2, 0.25) is 5.02 Å². The van der Waals surface area contributed by atoms with E-state index < -0.39 is 5.92 Å². The third kappa shape index (κ3) is 3.44. The topological polar surface area (TPSA) is 50.1 Å². The normalized spacial score (nSPS) is 11.5. The molecule has 0 spiro atoms. The number of halogens is 2. The lowest BCUT2D eigenvalue weighted by molar-refractivity contribution is 0.0979. The zero-order chi connectivity index (χ0) is 15.4. The van der Waals surface area contributed by atoms with Gasteiger partial charge in [0, 0.05) is 10.0 Å². The second-order valence-electron chi connectivity index (χ2n) is 4.33. The molecule has 0 amide bonds. The fraction of sp³-hybridized carbons (Fsp3) is 0.125. The maximum absolute atomic E-state index is 12.5. The number of carbonyl (C=O) groups excluding carboxylic acids is 1. The average molecular weight is 365 g/mol. The van der Waals surface area contributed by atoms with Crippen molar-refractivity contribution >= 4 is 33.3 Å². The molecule has 21 heavy (non-hydrogen) atoms. The van der Waals surface area contributed by atoms with Gasteiger partial charge in [-0.05, 0) is 51.8 Å². The van der Waals surface area contributed by atoms with Gasteiger partial charge in [0.05, 0.1) is 18.2 Å². The number of hydrogen-bond acceptors (Lipinski definition) is 3. The maximum atomic E-state index is 12.5. The minimum absolute atomic E-state index is 0.275. The minimum Gasteiger partial charge on any atom is -0.497 e. The van der Waals surface area contributed by atoms with Gasteiger partial charge >= 0.3 is 0 Å². The van der Waals surface area contributed by atoms with E-state index in [2.05, 4.69) is 15.9 Å². The van der Waals surface area contributed by atoms with Crippen molar-refractivity contribution in [3.8, 4) is 11.8 Å². The molecule has 0 aliphatic heterocycles. The quantitative estimate of drug-likeness (QED) is 0.745. The Morgan fingerprint density at radius 1 is 1.33 bits per heavy atom. The van der Waals surface area contributed by atoms with Crippen molar-refractivity contribution in [1.29, 1.82) is 5.26 Å². The number of Topliss-reactive ketones (excluding diaryl/α,β-unsaturated/α-hetero) is 1. The molecule has 1 atom stereocenters. The van der Waals surface area contributed by atoms with Crippen LogP contribution >= 0.6 is 27.5 Å². The molecule has 0 heterocycles. The summed E-state index contributed by atoms with van der Waals surface area (Å²) in [6, 6.07) is 13.8. The Kier molecular flexibility index (Phi) is 5.00. The predicted octanol–water partition coefficient (Wildman–Crippen LogP) is 4.60. The molecule has 2 aromatic carbocycles.